The van der Waals surface area contributed by atoms with Crippen molar-refractivity contribution in [2.24, 2.45) is 0 Å². The molecule has 0 aliphatic heterocycles. The lowest BCUT2D eigenvalue weighted by Gasteiger charge is -2.16. The number of benzene rings is 2. The van der Waals surface area contributed by atoms with E-state index in [1.54, 1.807) is 17.8 Å². The zero-order valence-corrected chi connectivity index (χ0v) is 16.3. The Morgan fingerprint density at radius 3 is 2.64 bits per heavy atom. The molecule has 2 aromatic rings. The van der Waals surface area contributed by atoms with Crippen LogP contribution in [-0.4, -0.2) is 17.3 Å². The van der Waals surface area contributed by atoms with Crippen LogP contribution in [0.25, 0.3) is 0 Å². The zero-order chi connectivity index (χ0) is 18.2. The summed E-state index contributed by atoms with van der Waals surface area (Å²) in [5.41, 5.74) is 10.4. The van der Waals surface area contributed by atoms with Gasteiger partial charge >= 0.3 is 0 Å². The van der Waals surface area contributed by atoms with Crippen LogP contribution in [0.2, 0.25) is 0 Å². The molecule has 0 fully saturated rings. The van der Waals surface area contributed by atoms with Crippen molar-refractivity contribution in [3.63, 3.8) is 0 Å². The topological polar surface area (TPSA) is 53.2 Å². The van der Waals surface area contributed by atoms with E-state index in [9.17, 15) is 4.79 Å². The third-order valence-electron chi connectivity index (χ3n) is 3.77. The molecule has 1 amide bonds. The number of amides is 1. The molecule has 6 heteroatoms. The molecule has 0 bridgehead atoms. The Balaban J connectivity index is 1.96. The Kier molecular flexibility index (Phi) is 7.28. The van der Waals surface area contributed by atoms with Gasteiger partial charge < -0.3 is 5.32 Å². The molecular formula is C19H23N3OS2. The molecule has 25 heavy (non-hydrogen) atoms. The number of para-hydroxylation sites is 1. The lowest BCUT2D eigenvalue weighted by Crippen LogP contribution is -2.44. The van der Waals surface area contributed by atoms with E-state index in [1.165, 1.54) is 5.56 Å². The van der Waals surface area contributed by atoms with E-state index < -0.39 is 0 Å². The van der Waals surface area contributed by atoms with Crippen molar-refractivity contribution in [1.82, 2.24) is 10.9 Å². The summed E-state index contributed by atoms with van der Waals surface area (Å²) in [4.78, 5) is 12.3. The molecule has 0 saturated carbocycles. The van der Waals surface area contributed by atoms with Gasteiger partial charge in [0, 0.05) is 17.0 Å². The minimum atomic E-state index is -0.215. The SMILES string of the molecule is CCc1cccc(C)c1NC(=S)NNC(=O)c1cccc(CSC)c1. The molecular weight excluding hydrogens is 350 g/mol. The molecule has 0 atom stereocenters. The van der Waals surface area contributed by atoms with Crippen LogP contribution < -0.4 is 16.2 Å². The fourth-order valence-electron chi connectivity index (χ4n) is 2.50. The van der Waals surface area contributed by atoms with Crippen LogP contribution in [0, 0.1) is 6.92 Å². The predicted octanol–water partition coefficient (Wildman–Crippen LogP) is 4.05. The maximum Gasteiger partial charge on any atom is 0.269 e. The number of thiocarbonyl (C=S) groups is 1. The Morgan fingerprint density at radius 1 is 1.16 bits per heavy atom. The standard InChI is InChI=1S/C19H23N3OS2/c1-4-15-9-5-7-13(2)17(15)20-19(24)22-21-18(23)16-10-6-8-14(11-16)12-25-3/h5-11H,4,12H2,1-3H3,(H,21,23)(H2,20,22,24). The summed E-state index contributed by atoms with van der Waals surface area (Å²) in [6.45, 7) is 4.12. The summed E-state index contributed by atoms with van der Waals surface area (Å²) in [6, 6.07) is 13.7. The highest BCUT2D eigenvalue weighted by molar-refractivity contribution is 7.97. The van der Waals surface area contributed by atoms with Crippen LogP contribution in [0.15, 0.2) is 42.5 Å². The van der Waals surface area contributed by atoms with Crippen molar-refractivity contribution < 1.29 is 4.79 Å². The summed E-state index contributed by atoms with van der Waals surface area (Å²) >= 11 is 7.02. The van der Waals surface area contributed by atoms with Crippen molar-refractivity contribution in [1.29, 1.82) is 0 Å². The van der Waals surface area contributed by atoms with Crippen molar-refractivity contribution in [3.05, 3.63) is 64.7 Å². The second kappa shape index (κ2) is 9.44. The minimum Gasteiger partial charge on any atom is -0.331 e. The van der Waals surface area contributed by atoms with Crippen LogP contribution in [0.4, 0.5) is 5.69 Å². The molecule has 2 rings (SSSR count). The summed E-state index contributed by atoms with van der Waals surface area (Å²) < 4.78 is 0. The number of carbonyl (C=O) groups is 1. The maximum atomic E-state index is 12.3. The molecule has 2 aromatic carbocycles. The molecule has 0 heterocycles. The third kappa shape index (κ3) is 5.47. The highest BCUT2D eigenvalue weighted by atomic mass is 32.2. The molecule has 132 valence electrons. The molecule has 0 aromatic heterocycles. The fraction of sp³-hybridized carbons (Fsp3) is 0.263. The first-order valence-corrected chi connectivity index (χ1v) is 9.89. The third-order valence-corrected chi connectivity index (χ3v) is 4.59. The van der Waals surface area contributed by atoms with Gasteiger partial charge in [0.2, 0.25) is 0 Å². The quantitative estimate of drug-likeness (QED) is 0.545. The van der Waals surface area contributed by atoms with E-state index in [0.29, 0.717) is 10.7 Å². The van der Waals surface area contributed by atoms with E-state index in [4.69, 9.17) is 12.2 Å². The second-order valence-electron chi connectivity index (χ2n) is 5.63. The number of hydrogen-bond donors (Lipinski definition) is 3. The normalized spacial score (nSPS) is 10.2. The number of hydrazine groups is 1. The molecule has 0 aliphatic carbocycles. The fourth-order valence-corrected chi connectivity index (χ4v) is 3.17. The number of hydrogen-bond acceptors (Lipinski definition) is 3. The van der Waals surface area contributed by atoms with Crippen molar-refractivity contribution >= 4 is 40.7 Å². The summed E-state index contributed by atoms with van der Waals surface area (Å²) in [5, 5.41) is 3.53. The highest BCUT2D eigenvalue weighted by Crippen LogP contribution is 2.20. The van der Waals surface area contributed by atoms with Gasteiger partial charge in [0.15, 0.2) is 5.11 Å². The first kappa shape index (κ1) is 19.3. The average Bonchev–Trinajstić information content (AvgIpc) is 2.62. The Bertz CT molecular complexity index is 762. The van der Waals surface area contributed by atoms with E-state index in [1.807, 2.05) is 43.5 Å². The smallest absolute Gasteiger partial charge is 0.269 e. The minimum absolute atomic E-state index is 0.215. The van der Waals surface area contributed by atoms with Gasteiger partial charge in [0.25, 0.3) is 5.91 Å². The van der Waals surface area contributed by atoms with E-state index in [-0.39, 0.29) is 5.91 Å². The summed E-state index contributed by atoms with van der Waals surface area (Å²) in [6.07, 6.45) is 2.94. The predicted molar refractivity (Wildman–Crippen MR) is 111 cm³/mol. The van der Waals surface area contributed by atoms with Crippen LogP contribution in [0.1, 0.15) is 34.0 Å². The molecule has 0 spiro atoms. The lowest BCUT2D eigenvalue weighted by atomic mass is 10.1. The van der Waals surface area contributed by atoms with E-state index in [0.717, 1.165) is 29.0 Å². The zero-order valence-electron chi connectivity index (χ0n) is 14.7. The Hall–Kier alpha value is -2.05. The second-order valence-corrected chi connectivity index (χ2v) is 6.90. The molecule has 4 nitrogen and oxygen atoms in total. The molecule has 3 N–H and O–H groups in total. The monoisotopic (exact) mass is 373 g/mol. The summed E-state index contributed by atoms with van der Waals surface area (Å²) in [7, 11) is 0. The number of carbonyl (C=O) groups excluding carboxylic acids is 1. The van der Waals surface area contributed by atoms with Gasteiger partial charge in [0.05, 0.1) is 0 Å². The van der Waals surface area contributed by atoms with Gasteiger partial charge in [-0.1, -0.05) is 37.3 Å². The number of thioether (sulfide) groups is 1. The van der Waals surface area contributed by atoms with Gasteiger partial charge in [-0.25, -0.2) is 0 Å². The Morgan fingerprint density at radius 2 is 1.92 bits per heavy atom. The molecule has 0 radical (unpaired) electrons. The first-order valence-electron chi connectivity index (χ1n) is 8.08. The van der Waals surface area contributed by atoms with Crippen LogP contribution in [-0.2, 0) is 12.2 Å². The average molecular weight is 374 g/mol. The highest BCUT2D eigenvalue weighted by Gasteiger charge is 2.09. The number of anilines is 1. The molecule has 0 saturated heterocycles. The first-order chi connectivity index (χ1) is 12.0. The number of rotatable bonds is 5. The van der Waals surface area contributed by atoms with Crippen molar-refractivity contribution in [3.8, 4) is 0 Å². The molecule has 0 aliphatic rings. The maximum absolute atomic E-state index is 12.3. The van der Waals surface area contributed by atoms with Gasteiger partial charge in [0.1, 0.15) is 0 Å². The van der Waals surface area contributed by atoms with Gasteiger partial charge in [-0.3, -0.25) is 15.6 Å². The van der Waals surface area contributed by atoms with E-state index >= 15 is 0 Å². The largest absolute Gasteiger partial charge is 0.331 e. The van der Waals surface area contributed by atoms with Crippen molar-refractivity contribution in [2.45, 2.75) is 26.0 Å². The van der Waals surface area contributed by atoms with Gasteiger partial charge in [-0.2, -0.15) is 11.8 Å². The van der Waals surface area contributed by atoms with Crippen molar-refractivity contribution in [2.75, 3.05) is 11.6 Å². The number of aryl methyl sites for hydroxylation is 2. The van der Waals surface area contributed by atoms with Crippen LogP contribution >= 0.6 is 24.0 Å². The van der Waals surface area contributed by atoms with E-state index in [2.05, 4.69) is 29.2 Å². The Labute approximate surface area is 158 Å². The van der Waals surface area contributed by atoms with Gasteiger partial charge in [-0.15, -0.1) is 0 Å². The van der Waals surface area contributed by atoms with Crippen LogP contribution in [0.3, 0.4) is 0 Å². The van der Waals surface area contributed by atoms with Crippen LogP contribution in [0.5, 0.6) is 0 Å². The van der Waals surface area contributed by atoms with Gasteiger partial charge in [-0.05, 0) is 60.6 Å². The lowest BCUT2D eigenvalue weighted by molar-refractivity contribution is 0.0944. The molecule has 0 unspecified atom stereocenters. The summed E-state index contributed by atoms with van der Waals surface area (Å²) in [5.74, 6) is 0.661. The number of nitrogens with one attached hydrogen (secondary N) is 3.